The lowest BCUT2D eigenvalue weighted by molar-refractivity contribution is 0.603. The third kappa shape index (κ3) is 1.70. The van der Waals surface area contributed by atoms with Crippen LogP contribution < -0.4 is 16.6 Å². The number of rotatable bonds is 1. The molecular formula is C8H12N4O. The number of aromatic nitrogens is 2. The topological polar surface area (TPSA) is 83.8 Å². The van der Waals surface area contributed by atoms with Gasteiger partial charge in [-0.3, -0.25) is 4.79 Å². The number of nitrogens with one attached hydrogen (secondary N) is 2. The van der Waals surface area contributed by atoms with Crippen molar-refractivity contribution in [1.29, 1.82) is 0 Å². The van der Waals surface area contributed by atoms with E-state index in [0.29, 0.717) is 5.82 Å². The van der Waals surface area contributed by atoms with Gasteiger partial charge in [0.05, 0.1) is 6.04 Å². The van der Waals surface area contributed by atoms with E-state index in [0.717, 1.165) is 19.4 Å². The minimum Gasteiger partial charge on any atom is -0.383 e. The van der Waals surface area contributed by atoms with E-state index in [4.69, 9.17) is 5.73 Å². The maximum atomic E-state index is 11.1. The van der Waals surface area contributed by atoms with Crippen molar-refractivity contribution in [3.63, 3.8) is 0 Å². The Hall–Kier alpha value is -1.36. The van der Waals surface area contributed by atoms with E-state index >= 15 is 0 Å². The third-order valence-electron chi connectivity index (χ3n) is 2.17. The first kappa shape index (κ1) is 8.25. The molecule has 1 fully saturated rings. The molecule has 0 aromatic carbocycles. The number of hydrogen-bond acceptors (Lipinski definition) is 4. The number of aromatic amines is 1. The number of nitrogen functional groups attached to an aromatic ring is 1. The predicted molar refractivity (Wildman–Crippen MR) is 49.2 cm³/mol. The Balaban J connectivity index is 2.33. The van der Waals surface area contributed by atoms with Crippen LogP contribution >= 0.6 is 0 Å². The summed E-state index contributed by atoms with van der Waals surface area (Å²) in [6.07, 6.45) is 2.12. The maximum Gasteiger partial charge on any atom is 0.253 e. The molecule has 0 spiro atoms. The molecule has 1 aliphatic heterocycles. The van der Waals surface area contributed by atoms with Crippen LogP contribution in [0.3, 0.4) is 0 Å². The van der Waals surface area contributed by atoms with Crippen molar-refractivity contribution >= 4 is 5.82 Å². The average Bonchev–Trinajstić information content (AvgIpc) is 2.53. The maximum absolute atomic E-state index is 11.1. The van der Waals surface area contributed by atoms with Crippen LogP contribution in [0.15, 0.2) is 10.9 Å². The smallest absolute Gasteiger partial charge is 0.253 e. The SMILES string of the molecule is Nc1cc(=O)[nH]c(C2CCCN2)n1. The van der Waals surface area contributed by atoms with Crippen LogP contribution in [-0.4, -0.2) is 16.5 Å². The molecule has 13 heavy (non-hydrogen) atoms. The van der Waals surface area contributed by atoms with Crippen molar-refractivity contribution in [2.75, 3.05) is 12.3 Å². The molecule has 1 aliphatic rings. The highest BCUT2D eigenvalue weighted by molar-refractivity contribution is 5.26. The highest BCUT2D eigenvalue weighted by Crippen LogP contribution is 2.18. The lowest BCUT2D eigenvalue weighted by Gasteiger charge is -2.08. The Morgan fingerprint density at radius 3 is 3.08 bits per heavy atom. The number of hydrogen-bond donors (Lipinski definition) is 3. The van der Waals surface area contributed by atoms with Gasteiger partial charge in [-0.2, -0.15) is 0 Å². The van der Waals surface area contributed by atoms with Gasteiger partial charge in [0.2, 0.25) is 0 Å². The van der Waals surface area contributed by atoms with Gasteiger partial charge >= 0.3 is 0 Å². The molecule has 1 unspecified atom stereocenters. The molecule has 2 heterocycles. The van der Waals surface area contributed by atoms with Crippen LogP contribution in [0.5, 0.6) is 0 Å². The Morgan fingerprint density at radius 1 is 1.62 bits per heavy atom. The van der Waals surface area contributed by atoms with Crippen molar-refractivity contribution in [1.82, 2.24) is 15.3 Å². The molecule has 0 aliphatic carbocycles. The summed E-state index contributed by atoms with van der Waals surface area (Å²) in [6.45, 7) is 0.975. The van der Waals surface area contributed by atoms with Crippen LogP contribution in [0.2, 0.25) is 0 Å². The van der Waals surface area contributed by atoms with Gasteiger partial charge in [-0.05, 0) is 19.4 Å². The molecule has 5 heteroatoms. The van der Waals surface area contributed by atoms with Crippen molar-refractivity contribution in [3.8, 4) is 0 Å². The van der Waals surface area contributed by atoms with Crippen LogP contribution in [-0.2, 0) is 0 Å². The Morgan fingerprint density at radius 2 is 2.46 bits per heavy atom. The Kier molecular flexibility index (Phi) is 2.02. The van der Waals surface area contributed by atoms with Gasteiger partial charge in [0, 0.05) is 6.07 Å². The predicted octanol–water partition coefficient (Wildman–Crippen LogP) is -0.223. The van der Waals surface area contributed by atoms with E-state index in [9.17, 15) is 4.79 Å². The van der Waals surface area contributed by atoms with Gasteiger partial charge in [0.1, 0.15) is 11.6 Å². The summed E-state index contributed by atoms with van der Waals surface area (Å²) < 4.78 is 0. The van der Waals surface area contributed by atoms with Gasteiger partial charge in [-0.25, -0.2) is 4.98 Å². The van der Waals surface area contributed by atoms with Gasteiger partial charge in [-0.15, -0.1) is 0 Å². The molecule has 1 atom stereocenters. The summed E-state index contributed by atoms with van der Waals surface area (Å²) >= 11 is 0. The fraction of sp³-hybridized carbons (Fsp3) is 0.500. The van der Waals surface area contributed by atoms with E-state index in [2.05, 4.69) is 15.3 Å². The fourth-order valence-electron chi connectivity index (χ4n) is 1.58. The van der Waals surface area contributed by atoms with E-state index < -0.39 is 0 Å². The molecule has 0 amide bonds. The monoisotopic (exact) mass is 180 g/mol. The largest absolute Gasteiger partial charge is 0.383 e. The first-order chi connectivity index (χ1) is 6.25. The standard InChI is InChI=1S/C8H12N4O/c9-6-4-7(13)12-8(11-6)5-2-1-3-10-5/h4-5,10H,1-3H2,(H3,9,11,12,13). The summed E-state index contributed by atoms with van der Waals surface area (Å²) in [6, 6.07) is 1.45. The zero-order valence-electron chi connectivity index (χ0n) is 7.21. The van der Waals surface area contributed by atoms with Crippen LogP contribution in [0.1, 0.15) is 24.7 Å². The van der Waals surface area contributed by atoms with Crippen molar-refractivity contribution in [3.05, 3.63) is 22.2 Å². The van der Waals surface area contributed by atoms with Gasteiger partial charge < -0.3 is 16.0 Å². The highest BCUT2D eigenvalue weighted by Gasteiger charge is 2.18. The molecule has 1 saturated heterocycles. The molecule has 0 radical (unpaired) electrons. The number of nitrogens with two attached hydrogens (primary N) is 1. The molecule has 1 aromatic rings. The van der Waals surface area contributed by atoms with Gasteiger partial charge in [0.25, 0.3) is 5.56 Å². The molecular weight excluding hydrogens is 168 g/mol. The van der Waals surface area contributed by atoms with Crippen LogP contribution in [0.4, 0.5) is 5.82 Å². The van der Waals surface area contributed by atoms with Crippen molar-refractivity contribution < 1.29 is 0 Å². The number of H-pyrrole nitrogens is 1. The van der Waals surface area contributed by atoms with E-state index in [1.165, 1.54) is 6.07 Å². The number of nitrogens with zero attached hydrogens (tertiary/aromatic N) is 1. The second kappa shape index (κ2) is 3.18. The van der Waals surface area contributed by atoms with Crippen LogP contribution in [0, 0.1) is 0 Å². The Bertz CT molecular complexity index is 353. The van der Waals surface area contributed by atoms with Crippen molar-refractivity contribution in [2.24, 2.45) is 0 Å². The molecule has 0 saturated carbocycles. The fourth-order valence-corrected chi connectivity index (χ4v) is 1.58. The summed E-state index contributed by atoms with van der Waals surface area (Å²) in [4.78, 5) is 17.8. The molecule has 1 aromatic heterocycles. The van der Waals surface area contributed by atoms with Gasteiger partial charge in [0.15, 0.2) is 0 Å². The van der Waals surface area contributed by atoms with Crippen molar-refractivity contribution in [2.45, 2.75) is 18.9 Å². The van der Waals surface area contributed by atoms with E-state index in [1.807, 2.05) is 0 Å². The average molecular weight is 180 g/mol. The first-order valence-electron chi connectivity index (χ1n) is 4.36. The quantitative estimate of drug-likeness (QED) is 0.557. The van der Waals surface area contributed by atoms with Crippen LogP contribution in [0.25, 0.3) is 0 Å². The van der Waals surface area contributed by atoms with E-state index in [1.54, 1.807) is 0 Å². The minimum atomic E-state index is -0.184. The minimum absolute atomic E-state index is 0.163. The number of anilines is 1. The molecule has 5 nitrogen and oxygen atoms in total. The highest BCUT2D eigenvalue weighted by atomic mass is 16.1. The first-order valence-corrected chi connectivity index (χ1v) is 4.36. The second-order valence-corrected chi connectivity index (χ2v) is 3.20. The molecule has 4 N–H and O–H groups in total. The third-order valence-corrected chi connectivity index (χ3v) is 2.17. The zero-order chi connectivity index (χ0) is 9.26. The Labute approximate surface area is 75.4 Å². The second-order valence-electron chi connectivity index (χ2n) is 3.20. The molecule has 70 valence electrons. The summed E-state index contributed by atoms with van der Waals surface area (Å²) in [7, 11) is 0. The lowest BCUT2D eigenvalue weighted by atomic mass is 10.2. The van der Waals surface area contributed by atoms with E-state index in [-0.39, 0.29) is 17.4 Å². The lowest BCUT2D eigenvalue weighted by Crippen LogP contribution is -2.20. The summed E-state index contributed by atoms with van der Waals surface area (Å²) in [5, 5.41) is 3.24. The molecule has 0 bridgehead atoms. The van der Waals surface area contributed by atoms with Gasteiger partial charge in [-0.1, -0.05) is 0 Å². The zero-order valence-corrected chi connectivity index (χ0v) is 7.21. The summed E-state index contributed by atoms with van der Waals surface area (Å²) in [5.41, 5.74) is 5.28. The normalized spacial score (nSPS) is 22.0. The summed E-state index contributed by atoms with van der Waals surface area (Å²) in [5.74, 6) is 0.940. The molecule has 2 rings (SSSR count).